The second kappa shape index (κ2) is 2.46. The number of hydrogen-bond donors (Lipinski definition) is 0. The van der Waals surface area contributed by atoms with Crippen molar-refractivity contribution in [3.63, 3.8) is 0 Å². The molecule has 0 radical (unpaired) electrons. The largest absolute Gasteiger partial charge is 0.618 e. The monoisotopic (exact) mass is 229 g/mol. The van der Waals surface area contributed by atoms with Gasteiger partial charge in [0, 0.05) is 0 Å². The zero-order valence-electron chi connectivity index (χ0n) is 5.45. The highest BCUT2D eigenvalue weighted by Gasteiger charge is 2.05. The number of halogens is 1. The lowest BCUT2D eigenvalue weighted by atomic mass is 10.3. The second-order valence-corrected chi connectivity index (χ2v) is 3.98. The van der Waals surface area contributed by atoms with Gasteiger partial charge in [-0.25, -0.2) is 0 Å². The summed E-state index contributed by atoms with van der Waals surface area (Å²) in [7, 11) is 0. The van der Waals surface area contributed by atoms with Crippen LogP contribution in [0.4, 0.5) is 0 Å². The average Bonchev–Trinajstić information content (AvgIpc) is 2.34. The smallest absolute Gasteiger partial charge is 0.280 e. The van der Waals surface area contributed by atoms with Crippen molar-refractivity contribution in [2.24, 2.45) is 0 Å². The Morgan fingerprint density at radius 1 is 1.55 bits per heavy atom. The minimum absolute atomic E-state index is 0.758. The third-order valence-electron chi connectivity index (χ3n) is 1.41. The van der Waals surface area contributed by atoms with Gasteiger partial charge in [0.2, 0.25) is 0 Å². The van der Waals surface area contributed by atoms with Gasteiger partial charge < -0.3 is 5.21 Å². The first-order valence-corrected chi connectivity index (χ1v) is 4.70. The van der Waals surface area contributed by atoms with Gasteiger partial charge in [0.15, 0.2) is 6.20 Å². The Balaban J connectivity index is 2.91. The Labute approximate surface area is 75.8 Å². The van der Waals surface area contributed by atoms with E-state index < -0.39 is 0 Å². The average molecular weight is 230 g/mol. The molecule has 0 aromatic carbocycles. The predicted octanol–water partition coefficient (Wildman–Crippen LogP) is 2.30. The molecule has 0 aliphatic heterocycles. The molecular weight excluding hydrogens is 226 g/mol. The molecule has 0 N–H and O–H groups in total. The van der Waals surface area contributed by atoms with Crippen molar-refractivity contribution >= 4 is 37.5 Å². The summed E-state index contributed by atoms with van der Waals surface area (Å²) in [4.78, 5) is 0.758. The lowest BCUT2D eigenvalue weighted by Gasteiger charge is -1.96. The summed E-state index contributed by atoms with van der Waals surface area (Å²) in [6, 6.07) is 3.86. The van der Waals surface area contributed by atoms with Crippen LogP contribution in [-0.2, 0) is 0 Å². The minimum Gasteiger partial charge on any atom is -0.618 e. The van der Waals surface area contributed by atoms with Crippen LogP contribution < -0.4 is 4.73 Å². The highest BCUT2D eigenvalue weighted by atomic mass is 79.9. The number of pyridine rings is 1. The molecule has 2 rings (SSSR count). The SMILES string of the molecule is [O-][n+]1cc(Br)cc2ccsc21. The quantitative estimate of drug-likeness (QED) is 0.503. The lowest BCUT2D eigenvalue weighted by molar-refractivity contribution is -0.575. The van der Waals surface area contributed by atoms with Crippen LogP contribution in [0.1, 0.15) is 0 Å². The molecule has 0 spiro atoms. The van der Waals surface area contributed by atoms with Gasteiger partial charge in [0.05, 0.1) is 9.86 Å². The molecule has 2 aromatic rings. The van der Waals surface area contributed by atoms with Crippen molar-refractivity contribution in [1.82, 2.24) is 0 Å². The standard InChI is InChI=1S/C7H4BrNOS/c8-6-3-5-1-2-11-7(5)9(10)4-6/h1-4H. The van der Waals surface area contributed by atoms with Gasteiger partial charge in [-0.1, -0.05) is 11.3 Å². The zero-order chi connectivity index (χ0) is 7.84. The summed E-state index contributed by atoms with van der Waals surface area (Å²) >= 11 is 4.70. The molecule has 0 aliphatic rings. The summed E-state index contributed by atoms with van der Waals surface area (Å²) in [5.41, 5.74) is 0. The van der Waals surface area contributed by atoms with Crippen LogP contribution in [0.5, 0.6) is 0 Å². The Morgan fingerprint density at radius 3 is 3.18 bits per heavy atom. The molecule has 2 nitrogen and oxygen atoms in total. The van der Waals surface area contributed by atoms with E-state index >= 15 is 0 Å². The van der Waals surface area contributed by atoms with Gasteiger partial charge in [-0.05, 0) is 33.4 Å². The highest BCUT2D eigenvalue weighted by molar-refractivity contribution is 9.10. The van der Waals surface area contributed by atoms with Crippen LogP contribution in [0.15, 0.2) is 28.2 Å². The maximum absolute atomic E-state index is 11.2. The molecule has 0 aliphatic carbocycles. The Bertz CT molecular complexity index is 398. The fourth-order valence-corrected chi connectivity index (χ4v) is 2.15. The van der Waals surface area contributed by atoms with E-state index in [1.807, 2.05) is 17.5 Å². The van der Waals surface area contributed by atoms with Gasteiger partial charge in [0.1, 0.15) is 0 Å². The fraction of sp³-hybridized carbons (Fsp3) is 0. The predicted molar refractivity (Wildman–Crippen MR) is 48.5 cm³/mol. The first-order valence-electron chi connectivity index (χ1n) is 3.03. The van der Waals surface area contributed by atoms with Crippen molar-refractivity contribution in [2.45, 2.75) is 0 Å². The van der Waals surface area contributed by atoms with Crippen LogP contribution in [0.2, 0.25) is 0 Å². The molecule has 0 fully saturated rings. The number of hydrogen-bond acceptors (Lipinski definition) is 2. The summed E-state index contributed by atoms with van der Waals surface area (Å²) in [5, 5.41) is 14.1. The van der Waals surface area contributed by atoms with Crippen molar-refractivity contribution in [3.8, 4) is 0 Å². The van der Waals surface area contributed by atoms with Gasteiger partial charge in [-0.2, -0.15) is 4.73 Å². The third kappa shape index (κ3) is 1.12. The molecule has 2 aromatic heterocycles. The third-order valence-corrected chi connectivity index (χ3v) is 2.75. The fourth-order valence-electron chi connectivity index (χ4n) is 0.957. The zero-order valence-corrected chi connectivity index (χ0v) is 7.85. The van der Waals surface area contributed by atoms with Gasteiger partial charge in [-0.3, -0.25) is 0 Å². The van der Waals surface area contributed by atoms with E-state index in [1.54, 1.807) is 0 Å². The molecule has 2 heterocycles. The normalized spacial score (nSPS) is 10.6. The lowest BCUT2D eigenvalue weighted by Crippen LogP contribution is -2.24. The molecule has 0 saturated carbocycles. The molecule has 11 heavy (non-hydrogen) atoms. The first-order chi connectivity index (χ1) is 5.27. The molecule has 0 saturated heterocycles. The Morgan fingerprint density at radius 2 is 2.36 bits per heavy atom. The molecule has 0 amide bonds. The van der Waals surface area contributed by atoms with E-state index in [0.717, 1.165) is 19.4 Å². The molecular formula is C7H4BrNOS. The summed E-state index contributed by atoms with van der Waals surface area (Å²) in [5.74, 6) is 0. The first kappa shape index (κ1) is 7.06. The number of aromatic nitrogens is 1. The van der Waals surface area contributed by atoms with E-state index in [2.05, 4.69) is 15.9 Å². The Kier molecular flexibility index (Phi) is 1.58. The number of thiophene rings is 1. The summed E-state index contributed by atoms with van der Waals surface area (Å²) in [6.45, 7) is 0. The summed E-state index contributed by atoms with van der Waals surface area (Å²) < 4.78 is 1.70. The van der Waals surface area contributed by atoms with Crippen LogP contribution in [-0.4, -0.2) is 0 Å². The van der Waals surface area contributed by atoms with Gasteiger partial charge in [0.25, 0.3) is 4.83 Å². The van der Waals surface area contributed by atoms with E-state index in [0.29, 0.717) is 0 Å². The van der Waals surface area contributed by atoms with Crippen LogP contribution >= 0.6 is 27.3 Å². The van der Waals surface area contributed by atoms with E-state index in [1.165, 1.54) is 17.5 Å². The number of rotatable bonds is 0. The van der Waals surface area contributed by atoms with Crippen LogP contribution in [0.25, 0.3) is 10.2 Å². The molecule has 0 atom stereocenters. The highest BCUT2D eigenvalue weighted by Crippen LogP contribution is 2.19. The van der Waals surface area contributed by atoms with E-state index in [9.17, 15) is 5.21 Å². The van der Waals surface area contributed by atoms with Crippen LogP contribution in [0, 0.1) is 5.21 Å². The molecule has 0 unspecified atom stereocenters. The summed E-state index contributed by atoms with van der Waals surface area (Å²) in [6.07, 6.45) is 1.51. The van der Waals surface area contributed by atoms with Crippen molar-refractivity contribution in [3.05, 3.63) is 33.4 Å². The van der Waals surface area contributed by atoms with Crippen molar-refractivity contribution in [1.29, 1.82) is 0 Å². The number of nitrogens with zero attached hydrogens (tertiary/aromatic N) is 1. The van der Waals surface area contributed by atoms with E-state index in [-0.39, 0.29) is 0 Å². The minimum atomic E-state index is 0.758. The molecule has 56 valence electrons. The van der Waals surface area contributed by atoms with Gasteiger partial charge >= 0.3 is 0 Å². The van der Waals surface area contributed by atoms with Gasteiger partial charge in [-0.15, -0.1) is 0 Å². The maximum Gasteiger partial charge on any atom is 0.280 e. The Hall–Kier alpha value is -0.610. The van der Waals surface area contributed by atoms with Crippen molar-refractivity contribution < 1.29 is 4.73 Å². The van der Waals surface area contributed by atoms with E-state index in [4.69, 9.17) is 0 Å². The maximum atomic E-state index is 11.2. The topological polar surface area (TPSA) is 26.9 Å². The van der Waals surface area contributed by atoms with Crippen molar-refractivity contribution in [2.75, 3.05) is 0 Å². The van der Waals surface area contributed by atoms with Crippen LogP contribution in [0.3, 0.4) is 0 Å². The molecule has 4 heteroatoms. The molecule has 0 bridgehead atoms. The second-order valence-electron chi connectivity index (χ2n) is 2.17. The number of fused-ring (bicyclic) bond motifs is 1.